The van der Waals surface area contributed by atoms with Crippen molar-refractivity contribution in [3.63, 3.8) is 0 Å². The third-order valence-electron chi connectivity index (χ3n) is 3.24. The molecule has 0 amide bonds. The predicted molar refractivity (Wildman–Crippen MR) is 77.9 cm³/mol. The van der Waals surface area contributed by atoms with Gasteiger partial charge in [-0.2, -0.15) is 15.6 Å². The zero-order chi connectivity index (χ0) is 14.6. The number of thiophene rings is 1. The molecule has 0 unspecified atom stereocenters. The monoisotopic (exact) mass is 317 g/mol. The Kier molecular flexibility index (Phi) is 5.17. The van der Waals surface area contributed by atoms with Crippen molar-refractivity contribution >= 4 is 27.3 Å². The maximum Gasteiger partial charge on any atom is 0.305 e. The van der Waals surface area contributed by atoms with Crippen molar-refractivity contribution in [3.05, 3.63) is 22.4 Å². The standard InChI is InChI=1S/C13H19NO4S2/c1-18-13(15)3-2-8-20(16,17)14(12-4-5-12)9-11-6-7-19-10-11/h6-7,10,12H,2-5,8-9H2,1H3. The summed E-state index contributed by atoms with van der Waals surface area (Å²) in [5.74, 6) is -0.362. The second-order valence-corrected chi connectivity index (χ2v) is 7.72. The average molecular weight is 317 g/mol. The molecule has 20 heavy (non-hydrogen) atoms. The number of hydrogen-bond acceptors (Lipinski definition) is 5. The molecule has 0 aliphatic heterocycles. The Labute approximate surface area is 123 Å². The lowest BCUT2D eigenvalue weighted by atomic mass is 10.3. The van der Waals surface area contributed by atoms with Gasteiger partial charge in [0, 0.05) is 19.0 Å². The van der Waals surface area contributed by atoms with Gasteiger partial charge in [-0.15, -0.1) is 0 Å². The second-order valence-electron chi connectivity index (χ2n) is 4.90. The smallest absolute Gasteiger partial charge is 0.305 e. The van der Waals surface area contributed by atoms with Crippen molar-refractivity contribution in [1.82, 2.24) is 4.31 Å². The van der Waals surface area contributed by atoms with E-state index in [9.17, 15) is 13.2 Å². The first-order valence-corrected chi connectivity index (χ1v) is 9.15. The first kappa shape index (κ1) is 15.5. The average Bonchev–Trinajstić information content (AvgIpc) is 3.11. The molecule has 2 rings (SSSR count). The molecule has 0 aromatic carbocycles. The van der Waals surface area contributed by atoms with Crippen LogP contribution >= 0.6 is 11.3 Å². The van der Waals surface area contributed by atoms with Crippen molar-refractivity contribution in [2.24, 2.45) is 0 Å². The van der Waals surface area contributed by atoms with Crippen molar-refractivity contribution in [2.75, 3.05) is 12.9 Å². The van der Waals surface area contributed by atoms with Gasteiger partial charge in [0.15, 0.2) is 0 Å². The van der Waals surface area contributed by atoms with Crippen LogP contribution in [0.5, 0.6) is 0 Å². The SMILES string of the molecule is COC(=O)CCCS(=O)(=O)N(Cc1ccsc1)C1CC1. The molecule has 0 spiro atoms. The number of nitrogens with zero attached hydrogens (tertiary/aromatic N) is 1. The first-order chi connectivity index (χ1) is 9.53. The van der Waals surface area contributed by atoms with Crippen molar-refractivity contribution in [1.29, 1.82) is 0 Å². The summed E-state index contributed by atoms with van der Waals surface area (Å²) in [4.78, 5) is 11.0. The normalized spacial score (nSPS) is 15.5. The van der Waals surface area contributed by atoms with E-state index in [1.54, 1.807) is 15.6 Å². The maximum absolute atomic E-state index is 12.4. The van der Waals surface area contributed by atoms with Crippen LogP contribution in [0.1, 0.15) is 31.2 Å². The summed E-state index contributed by atoms with van der Waals surface area (Å²) >= 11 is 1.57. The number of hydrogen-bond donors (Lipinski definition) is 0. The minimum absolute atomic E-state index is 0.00272. The summed E-state index contributed by atoms with van der Waals surface area (Å²) in [7, 11) is -2.00. The van der Waals surface area contributed by atoms with Gasteiger partial charge >= 0.3 is 5.97 Å². The number of carbonyl (C=O) groups is 1. The summed E-state index contributed by atoms with van der Waals surface area (Å²) < 4.78 is 30.9. The molecule has 7 heteroatoms. The Morgan fingerprint density at radius 1 is 1.50 bits per heavy atom. The van der Waals surface area contributed by atoms with Crippen LogP contribution in [0.3, 0.4) is 0 Å². The molecule has 112 valence electrons. The van der Waals surface area contributed by atoms with E-state index in [1.807, 2.05) is 16.8 Å². The summed E-state index contributed by atoms with van der Waals surface area (Å²) in [5.41, 5.74) is 1.03. The van der Waals surface area contributed by atoms with E-state index in [1.165, 1.54) is 7.11 Å². The number of methoxy groups -OCH3 is 1. The molecular formula is C13H19NO4S2. The largest absolute Gasteiger partial charge is 0.469 e. The third kappa shape index (κ3) is 4.29. The van der Waals surface area contributed by atoms with Gasteiger partial charge in [-0.3, -0.25) is 4.79 Å². The van der Waals surface area contributed by atoms with Gasteiger partial charge in [0.25, 0.3) is 0 Å². The molecule has 1 aliphatic rings. The van der Waals surface area contributed by atoms with Crippen LogP contribution in [0.25, 0.3) is 0 Å². The molecular weight excluding hydrogens is 298 g/mol. The van der Waals surface area contributed by atoms with Crippen molar-refractivity contribution < 1.29 is 17.9 Å². The van der Waals surface area contributed by atoms with E-state index in [4.69, 9.17) is 0 Å². The van der Waals surface area contributed by atoms with Crippen molar-refractivity contribution in [2.45, 2.75) is 38.3 Å². The molecule has 5 nitrogen and oxygen atoms in total. The summed E-state index contributed by atoms with van der Waals surface area (Å²) in [6, 6.07) is 2.09. The van der Waals surface area contributed by atoms with Gasteiger partial charge < -0.3 is 4.74 Å². The van der Waals surface area contributed by atoms with Gasteiger partial charge in [0.05, 0.1) is 12.9 Å². The van der Waals surface area contributed by atoms with E-state index < -0.39 is 10.0 Å². The highest BCUT2D eigenvalue weighted by atomic mass is 32.2. The van der Waals surface area contributed by atoms with E-state index >= 15 is 0 Å². The molecule has 0 radical (unpaired) electrons. The lowest BCUT2D eigenvalue weighted by molar-refractivity contribution is -0.140. The fourth-order valence-electron chi connectivity index (χ4n) is 2.00. The number of esters is 1. The maximum atomic E-state index is 12.4. The van der Waals surface area contributed by atoms with Crippen LogP contribution in [-0.4, -0.2) is 37.6 Å². The molecule has 0 saturated heterocycles. The zero-order valence-electron chi connectivity index (χ0n) is 11.4. The van der Waals surface area contributed by atoms with Crippen LogP contribution in [0.2, 0.25) is 0 Å². The van der Waals surface area contributed by atoms with E-state index in [0.29, 0.717) is 13.0 Å². The quantitative estimate of drug-likeness (QED) is 0.688. The molecule has 1 heterocycles. The van der Waals surface area contributed by atoms with Gasteiger partial charge in [0.1, 0.15) is 0 Å². The first-order valence-electron chi connectivity index (χ1n) is 6.60. The highest BCUT2D eigenvalue weighted by Gasteiger charge is 2.36. The fourth-order valence-corrected chi connectivity index (χ4v) is 4.41. The fraction of sp³-hybridized carbons (Fsp3) is 0.615. The number of sulfonamides is 1. The summed E-state index contributed by atoms with van der Waals surface area (Å²) in [5, 5.41) is 3.92. The second kappa shape index (κ2) is 6.69. The van der Waals surface area contributed by atoms with Crippen LogP contribution in [0.4, 0.5) is 0 Å². The van der Waals surface area contributed by atoms with Crippen LogP contribution in [0.15, 0.2) is 16.8 Å². The highest BCUT2D eigenvalue weighted by molar-refractivity contribution is 7.89. The third-order valence-corrected chi connectivity index (χ3v) is 5.92. The van der Waals surface area contributed by atoms with Crippen LogP contribution in [-0.2, 0) is 26.1 Å². The summed E-state index contributed by atoms with van der Waals surface area (Å²) in [6.07, 6.45) is 2.31. The molecule has 0 atom stereocenters. The highest BCUT2D eigenvalue weighted by Crippen LogP contribution is 2.31. The molecule has 0 bridgehead atoms. The minimum Gasteiger partial charge on any atom is -0.469 e. The molecule has 1 saturated carbocycles. The van der Waals surface area contributed by atoms with Crippen LogP contribution < -0.4 is 0 Å². The molecule has 1 aromatic heterocycles. The Hall–Kier alpha value is -0.920. The number of carbonyl (C=O) groups excluding carboxylic acids is 1. The van der Waals surface area contributed by atoms with Gasteiger partial charge in [-0.1, -0.05) is 0 Å². The van der Waals surface area contributed by atoms with E-state index in [2.05, 4.69) is 4.74 Å². The molecule has 0 N–H and O–H groups in total. The zero-order valence-corrected chi connectivity index (χ0v) is 13.1. The minimum atomic E-state index is -3.31. The lowest BCUT2D eigenvalue weighted by Gasteiger charge is -2.21. The predicted octanol–water partition coefficient (Wildman–Crippen LogP) is 2.00. The Morgan fingerprint density at radius 2 is 2.25 bits per heavy atom. The summed E-state index contributed by atoms with van der Waals surface area (Å²) in [6.45, 7) is 0.439. The van der Waals surface area contributed by atoms with Crippen molar-refractivity contribution in [3.8, 4) is 0 Å². The Morgan fingerprint density at radius 3 is 2.80 bits per heavy atom. The van der Waals surface area contributed by atoms with E-state index in [-0.39, 0.29) is 24.2 Å². The van der Waals surface area contributed by atoms with Gasteiger partial charge in [-0.25, -0.2) is 8.42 Å². The number of ether oxygens (including phenoxy) is 1. The molecule has 1 fully saturated rings. The van der Waals surface area contributed by atoms with Crippen LogP contribution in [0, 0.1) is 0 Å². The Balaban J connectivity index is 1.95. The van der Waals surface area contributed by atoms with Gasteiger partial charge in [0.2, 0.25) is 10.0 Å². The van der Waals surface area contributed by atoms with E-state index in [0.717, 1.165) is 18.4 Å². The van der Waals surface area contributed by atoms with Gasteiger partial charge in [-0.05, 0) is 41.7 Å². The topological polar surface area (TPSA) is 63.7 Å². The Bertz CT molecular complexity index is 535. The molecule has 1 aromatic rings. The molecule has 1 aliphatic carbocycles. The lowest BCUT2D eigenvalue weighted by Crippen LogP contribution is -2.34. The number of rotatable bonds is 8.